The predicted molar refractivity (Wildman–Crippen MR) is 76.5 cm³/mol. The van der Waals surface area contributed by atoms with Gasteiger partial charge in [-0.25, -0.2) is 0 Å². The van der Waals surface area contributed by atoms with E-state index in [-0.39, 0.29) is 0 Å². The molecule has 1 aliphatic heterocycles. The van der Waals surface area contributed by atoms with Crippen LogP contribution >= 0.6 is 0 Å². The summed E-state index contributed by atoms with van der Waals surface area (Å²) < 4.78 is 8.17. The summed E-state index contributed by atoms with van der Waals surface area (Å²) >= 11 is 0. The number of nitrogens with zero attached hydrogens (tertiary/aromatic N) is 3. The summed E-state index contributed by atoms with van der Waals surface area (Å²) in [5.41, 5.74) is 2.08. The van der Waals surface area contributed by atoms with Crippen molar-refractivity contribution in [1.29, 1.82) is 0 Å². The summed E-state index contributed by atoms with van der Waals surface area (Å²) in [7, 11) is 0. The Bertz CT molecular complexity index is 771. The summed E-state index contributed by atoms with van der Waals surface area (Å²) in [5.74, 6) is 2.66. The lowest BCUT2D eigenvalue weighted by Gasteiger charge is -2.03. The Morgan fingerprint density at radius 1 is 1.25 bits per heavy atom. The highest BCUT2D eigenvalue weighted by molar-refractivity contribution is 5.84. The Kier molecular flexibility index (Phi) is 2.60. The number of rotatable bonds is 1. The van der Waals surface area contributed by atoms with Crippen LogP contribution in [0.15, 0.2) is 28.7 Å². The van der Waals surface area contributed by atoms with Crippen LogP contribution in [0.5, 0.6) is 0 Å². The first-order valence-corrected chi connectivity index (χ1v) is 6.95. The third-order valence-corrected chi connectivity index (χ3v) is 3.83. The zero-order valence-electron chi connectivity index (χ0n) is 11.4. The minimum Gasteiger partial charge on any atom is -0.452 e. The molecule has 3 heterocycles. The largest absolute Gasteiger partial charge is 0.452 e. The van der Waals surface area contributed by atoms with Crippen molar-refractivity contribution in [3.8, 4) is 11.6 Å². The van der Waals surface area contributed by atoms with Crippen LogP contribution in [-0.2, 0) is 13.0 Å². The fourth-order valence-electron chi connectivity index (χ4n) is 2.77. The van der Waals surface area contributed by atoms with Gasteiger partial charge in [0.25, 0.3) is 0 Å². The second kappa shape index (κ2) is 4.45. The first-order valence-electron chi connectivity index (χ1n) is 6.95. The van der Waals surface area contributed by atoms with E-state index in [1.54, 1.807) is 0 Å². The van der Waals surface area contributed by atoms with Gasteiger partial charge in [-0.15, -0.1) is 10.2 Å². The number of aromatic nitrogens is 3. The van der Waals surface area contributed by atoms with E-state index in [4.69, 9.17) is 4.42 Å². The highest BCUT2D eigenvalue weighted by Gasteiger charge is 2.18. The Morgan fingerprint density at radius 3 is 3.10 bits per heavy atom. The minimum atomic E-state index is 0.801. The highest BCUT2D eigenvalue weighted by atomic mass is 16.3. The summed E-state index contributed by atoms with van der Waals surface area (Å²) in [4.78, 5) is 0. The molecule has 5 nitrogen and oxygen atoms in total. The third kappa shape index (κ3) is 1.74. The van der Waals surface area contributed by atoms with Gasteiger partial charge in [-0.05, 0) is 18.6 Å². The first-order chi connectivity index (χ1) is 9.83. The number of nitrogens with one attached hydrogen (secondary N) is 1. The van der Waals surface area contributed by atoms with Crippen LogP contribution in [0, 0.1) is 6.92 Å². The van der Waals surface area contributed by atoms with E-state index >= 15 is 0 Å². The van der Waals surface area contributed by atoms with Crippen LogP contribution in [0.4, 0.5) is 0 Å². The van der Waals surface area contributed by atoms with E-state index in [1.165, 1.54) is 0 Å². The summed E-state index contributed by atoms with van der Waals surface area (Å²) in [5, 5.41) is 13.1. The van der Waals surface area contributed by atoms with Crippen LogP contribution in [0.2, 0.25) is 0 Å². The molecule has 102 valence electrons. The Morgan fingerprint density at radius 2 is 2.20 bits per heavy atom. The molecule has 1 N–H and O–H groups in total. The summed E-state index contributed by atoms with van der Waals surface area (Å²) in [6.45, 7) is 4.84. The van der Waals surface area contributed by atoms with Crippen molar-refractivity contribution in [1.82, 2.24) is 20.1 Å². The van der Waals surface area contributed by atoms with Gasteiger partial charge in [0, 0.05) is 31.4 Å². The van der Waals surface area contributed by atoms with Crippen molar-refractivity contribution < 1.29 is 4.42 Å². The van der Waals surface area contributed by atoms with Gasteiger partial charge in [-0.2, -0.15) is 0 Å². The molecule has 0 unspecified atom stereocenters. The molecule has 2 aromatic heterocycles. The SMILES string of the molecule is Cc1cccc2cc(-c3nnc4n3CCNCC4)oc12. The van der Waals surface area contributed by atoms with Crippen LogP contribution in [0.25, 0.3) is 22.6 Å². The van der Waals surface area contributed by atoms with Crippen molar-refractivity contribution in [3.63, 3.8) is 0 Å². The number of aryl methyl sites for hydroxylation is 1. The van der Waals surface area contributed by atoms with Crippen molar-refractivity contribution in [2.45, 2.75) is 19.9 Å². The monoisotopic (exact) mass is 268 g/mol. The van der Waals surface area contributed by atoms with Gasteiger partial charge in [0.05, 0.1) is 0 Å². The molecule has 0 aliphatic carbocycles. The van der Waals surface area contributed by atoms with E-state index in [1.807, 2.05) is 6.07 Å². The molecular weight excluding hydrogens is 252 g/mol. The van der Waals surface area contributed by atoms with E-state index < -0.39 is 0 Å². The van der Waals surface area contributed by atoms with Gasteiger partial charge in [0.15, 0.2) is 11.6 Å². The molecule has 0 fully saturated rings. The summed E-state index contributed by atoms with van der Waals surface area (Å²) in [6.07, 6.45) is 0.909. The molecule has 3 aromatic rings. The van der Waals surface area contributed by atoms with E-state index in [0.29, 0.717) is 0 Å². The maximum Gasteiger partial charge on any atom is 0.199 e. The second-order valence-corrected chi connectivity index (χ2v) is 5.20. The maximum atomic E-state index is 6.01. The molecule has 0 saturated heterocycles. The van der Waals surface area contributed by atoms with Gasteiger partial charge in [-0.3, -0.25) is 0 Å². The van der Waals surface area contributed by atoms with Crippen molar-refractivity contribution in [2.24, 2.45) is 0 Å². The average molecular weight is 268 g/mol. The fourth-order valence-corrected chi connectivity index (χ4v) is 2.77. The lowest BCUT2D eigenvalue weighted by Crippen LogP contribution is -2.17. The zero-order chi connectivity index (χ0) is 13.5. The van der Waals surface area contributed by atoms with Crippen LogP contribution < -0.4 is 5.32 Å². The fraction of sp³-hybridized carbons (Fsp3) is 0.333. The van der Waals surface area contributed by atoms with E-state index in [2.05, 4.69) is 45.2 Å². The minimum absolute atomic E-state index is 0.801. The summed E-state index contributed by atoms with van der Waals surface area (Å²) in [6, 6.07) is 8.23. The van der Waals surface area contributed by atoms with E-state index in [9.17, 15) is 0 Å². The van der Waals surface area contributed by atoms with Crippen molar-refractivity contribution in [3.05, 3.63) is 35.7 Å². The normalized spacial score (nSPS) is 15.2. The highest BCUT2D eigenvalue weighted by Crippen LogP contribution is 2.29. The van der Waals surface area contributed by atoms with Gasteiger partial charge in [-0.1, -0.05) is 18.2 Å². The lowest BCUT2D eigenvalue weighted by atomic mass is 10.2. The molecule has 0 radical (unpaired) electrons. The smallest absolute Gasteiger partial charge is 0.199 e. The average Bonchev–Trinajstić information content (AvgIpc) is 2.97. The number of benzene rings is 1. The van der Waals surface area contributed by atoms with E-state index in [0.717, 1.165) is 60.0 Å². The number of para-hydroxylation sites is 1. The van der Waals surface area contributed by atoms with Gasteiger partial charge in [0.1, 0.15) is 11.4 Å². The predicted octanol–water partition coefficient (Wildman–Crippen LogP) is 2.15. The Hall–Kier alpha value is -2.14. The Balaban J connectivity index is 1.87. The maximum absolute atomic E-state index is 6.01. The molecule has 1 aromatic carbocycles. The van der Waals surface area contributed by atoms with Gasteiger partial charge < -0.3 is 14.3 Å². The van der Waals surface area contributed by atoms with Crippen LogP contribution in [0.3, 0.4) is 0 Å². The van der Waals surface area contributed by atoms with Crippen molar-refractivity contribution >= 4 is 11.0 Å². The van der Waals surface area contributed by atoms with Crippen LogP contribution in [-0.4, -0.2) is 27.9 Å². The molecule has 4 rings (SSSR count). The molecular formula is C15H16N4O. The zero-order valence-corrected chi connectivity index (χ0v) is 11.4. The van der Waals surface area contributed by atoms with Crippen molar-refractivity contribution in [2.75, 3.05) is 13.1 Å². The number of fused-ring (bicyclic) bond motifs is 2. The molecule has 5 heteroatoms. The number of furan rings is 1. The number of hydrogen-bond donors (Lipinski definition) is 1. The molecule has 1 aliphatic rings. The quantitative estimate of drug-likeness (QED) is 0.734. The third-order valence-electron chi connectivity index (χ3n) is 3.83. The molecule has 0 saturated carbocycles. The van der Waals surface area contributed by atoms with Gasteiger partial charge >= 0.3 is 0 Å². The second-order valence-electron chi connectivity index (χ2n) is 5.20. The lowest BCUT2D eigenvalue weighted by molar-refractivity contribution is 0.600. The molecule has 0 atom stereocenters. The van der Waals surface area contributed by atoms with Gasteiger partial charge in [0.2, 0.25) is 0 Å². The van der Waals surface area contributed by atoms with Crippen LogP contribution in [0.1, 0.15) is 11.4 Å². The molecule has 0 bridgehead atoms. The molecule has 20 heavy (non-hydrogen) atoms. The molecule has 0 amide bonds. The molecule has 0 spiro atoms. The number of hydrogen-bond acceptors (Lipinski definition) is 4. The first kappa shape index (κ1) is 11.7. The topological polar surface area (TPSA) is 55.9 Å². The Labute approximate surface area is 116 Å². The standard InChI is InChI=1S/C15H16N4O/c1-10-3-2-4-11-9-12(20-14(10)11)15-18-17-13-5-6-16-7-8-19(13)15/h2-4,9,16H,5-8H2,1H3.